The van der Waals surface area contributed by atoms with Gasteiger partial charge in [0, 0.05) is 11.9 Å². The largest absolute Gasteiger partial charge is 0.325 e. The van der Waals surface area contributed by atoms with E-state index in [0.29, 0.717) is 10.9 Å². The van der Waals surface area contributed by atoms with Crippen LogP contribution in [0, 0.1) is 20.8 Å². The summed E-state index contributed by atoms with van der Waals surface area (Å²) in [6.45, 7) is 6.07. The first kappa shape index (κ1) is 15.6. The van der Waals surface area contributed by atoms with Gasteiger partial charge in [-0.1, -0.05) is 35.5 Å². The first-order valence-corrected chi connectivity index (χ1v) is 8.33. The van der Waals surface area contributed by atoms with Crippen LogP contribution in [0.4, 0.5) is 5.69 Å². The van der Waals surface area contributed by atoms with Crippen molar-refractivity contribution in [2.45, 2.75) is 25.9 Å². The normalized spacial score (nSPS) is 10.9. The molecule has 23 heavy (non-hydrogen) atoms. The van der Waals surface area contributed by atoms with Crippen molar-refractivity contribution >= 4 is 29.0 Å². The second-order valence-corrected chi connectivity index (χ2v) is 6.46. The standard InChI is InChI=1S/C17H18N4OS/c1-11-8-12(2)16(13(3)9-11)18-15(22)10-23-17-20-19-14-6-4-5-7-21(14)17/h4-9H,10H2,1-3H3,(H,18,22). The maximum atomic E-state index is 12.2. The van der Waals surface area contributed by atoms with Crippen molar-refractivity contribution in [1.82, 2.24) is 14.6 Å². The summed E-state index contributed by atoms with van der Waals surface area (Å²) in [7, 11) is 0. The minimum absolute atomic E-state index is 0.0438. The Morgan fingerprint density at radius 2 is 1.91 bits per heavy atom. The van der Waals surface area contributed by atoms with Gasteiger partial charge in [0.05, 0.1) is 5.75 Å². The van der Waals surface area contributed by atoms with Gasteiger partial charge in [0.25, 0.3) is 0 Å². The van der Waals surface area contributed by atoms with Crippen LogP contribution in [0.5, 0.6) is 0 Å². The monoisotopic (exact) mass is 326 g/mol. The number of rotatable bonds is 4. The molecular formula is C17H18N4OS. The molecule has 0 saturated heterocycles. The summed E-state index contributed by atoms with van der Waals surface area (Å²) in [5.41, 5.74) is 5.03. The van der Waals surface area contributed by atoms with Crippen LogP contribution < -0.4 is 5.32 Å². The highest BCUT2D eigenvalue weighted by Gasteiger charge is 2.11. The van der Waals surface area contributed by atoms with E-state index < -0.39 is 0 Å². The lowest BCUT2D eigenvalue weighted by atomic mass is 10.1. The predicted molar refractivity (Wildman–Crippen MR) is 93.0 cm³/mol. The number of nitrogens with zero attached hydrogens (tertiary/aromatic N) is 3. The van der Waals surface area contributed by atoms with Gasteiger partial charge in [-0.15, -0.1) is 10.2 Å². The van der Waals surface area contributed by atoms with E-state index in [-0.39, 0.29) is 5.91 Å². The van der Waals surface area contributed by atoms with Crippen molar-refractivity contribution in [3.05, 3.63) is 53.2 Å². The summed E-state index contributed by atoms with van der Waals surface area (Å²) in [6.07, 6.45) is 1.89. The van der Waals surface area contributed by atoms with Crippen LogP contribution in [0.25, 0.3) is 5.65 Å². The molecule has 0 fully saturated rings. The van der Waals surface area contributed by atoms with Crippen molar-refractivity contribution in [1.29, 1.82) is 0 Å². The Hall–Kier alpha value is -2.34. The SMILES string of the molecule is Cc1cc(C)c(NC(=O)CSc2nnc3ccccn23)c(C)c1. The van der Waals surface area contributed by atoms with Crippen LogP contribution in [0.3, 0.4) is 0 Å². The van der Waals surface area contributed by atoms with Crippen LogP contribution in [-0.2, 0) is 4.79 Å². The number of anilines is 1. The zero-order chi connectivity index (χ0) is 16.4. The molecule has 0 radical (unpaired) electrons. The molecule has 3 rings (SSSR count). The third-order valence-corrected chi connectivity index (χ3v) is 4.50. The van der Waals surface area contributed by atoms with Gasteiger partial charge in [0.2, 0.25) is 5.91 Å². The number of thioether (sulfide) groups is 1. The Balaban J connectivity index is 1.69. The summed E-state index contributed by atoms with van der Waals surface area (Å²) in [4.78, 5) is 12.2. The molecular weight excluding hydrogens is 308 g/mol. The average molecular weight is 326 g/mol. The summed E-state index contributed by atoms with van der Waals surface area (Å²) in [5, 5.41) is 11.9. The van der Waals surface area contributed by atoms with Gasteiger partial charge in [0.1, 0.15) is 0 Å². The summed E-state index contributed by atoms with van der Waals surface area (Å²) >= 11 is 1.38. The molecule has 0 atom stereocenters. The number of nitrogens with one attached hydrogen (secondary N) is 1. The van der Waals surface area contributed by atoms with Gasteiger partial charge in [-0.3, -0.25) is 9.20 Å². The Labute approximate surface area is 139 Å². The zero-order valence-electron chi connectivity index (χ0n) is 13.3. The number of fused-ring (bicyclic) bond motifs is 1. The maximum Gasteiger partial charge on any atom is 0.234 e. The number of aromatic nitrogens is 3. The van der Waals surface area contributed by atoms with Crippen molar-refractivity contribution in [2.75, 3.05) is 11.1 Å². The lowest BCUT2D eigenvalue weighted by Gasteiger charge is -2.12. The number of hydrogen-bond acceptors (Lipinski definition) is 4. The van der Waals surface area contributed by atoms with E-state index >= 15 is 0 Å². The van der Waals surface area contributed by atoms with Gasteiger partial charge in [-0.05, 0) is 44.0 Å². The van der Waals surface area contributed by atoms with E-state index in [1.165, 1.54) is 17.3 Å². The molecule has 1 aromatic carbocycles. The Morgan fingerprint density at radius 3 is 2.65 bits per heavy atom. The first-order chi connectivity index (χ1) is 11.0. The molecule has 6 heteroatoms. The minimum Gasteiger partial charge on any atom is -0.325 e. The van der Waals surface area contributed by atoms with E-state index in [1.54, 1.807) is 0 Å². The molecule has 0 unspecified atom stereocenters. The minimum atomic E-state index is -0.0438. The fourth-order valence-electron chi connectivity index (χ4n) is 2.60. The predicted octanol–water partition coefficient (Wildman–Crippen LogP) is 3.39. The molecule has 2 aromatic heterocycles. The number of amides is 1. The number of carbonyl (C=O) groups is 1. The van der Waals surface area contributed by atoms with Gasteiger partial charge < -0.3 is 5.32 Å². The first-order valence-electron chi connectivity index (χ1n) is 7.35. The molecule has 1 N–H and O–H groups in total. The van der Waals surface area contributed by atoms with Crippen molar-refractivity contribution in [2.24, 2.45) is 0 Å². The quantitative estimate of drug-likeness (QED) is 0.747. The number of carbonyl (C=O) groups excluding carboxylic acids is 1. The third-order valence-electron chi connectivity index (χ3n) is 3.56. The highest BCUT2D eigenvalue weighted by Crippen LogP contribution is 2.23. The van der Waals surface area contributed by atoms with Crippen molar-refractivity contribution in [3.63, 3.8) is 0 Å². The molecule has 0 aliphatic heterocycles. The second-order valence-electron chi connectivity index (χ2n) is 5.52. The average Bonchev–Trinajstić information content (AvgIpc) is 2.92. The summed E-state index contributed by atoms with van der Waals surface area (Å²) in [5.74, 6) is 0.250. The highest BCUT2D eigenvalue weighted by atomic mass is 32.2. The molecule has 0 aliphatic rings. The maximum absolute atomic E-state index is 12.2. The topological polar surface area (TPSA) is 59.3 Å². The highest BCUT2D eigenvalue weighted by molar-refractivity contribution is 7.99. The van der Waals surface area contributed by atoms with E-state index in [1.807, 2.05) is 42.6 Å². The third kappa shape index (κ3) is 3.37. The molecule has 0 bridgehead atoms. The zero-order valence-corrected chi connectivity index (χ0v) is 14.1. The Kier molecular flexibility index (Phi) is 4.34. The molecule has 3 aromatic rings. The molecule has 5 nitrogen and oxygen atoms in total. The number of hydrogen-bond donors (Lipinski definition) is 1. The molecule has 2 heterocycles. The molecule has 1 amide bonds. The van der Waals surface area contributed by atoms with Crippen LogP contribution >= 0.6 is 11.8 Å². The van der Waals surface area contributed by atoms with E-state index in [2.05, 4.69) is 34.6 Å². The van der Waals surface area contributed by atoms with Crippen molar-refractivity contribution in [3.8, 4) is 0 Å². The van der Waals surface area contributed by atoms with Crippen LogP contribution in [-0.4, -0.2) is 26.3 Å². The second kappa shape index (κ2) is 6.42. The smallest absolute Gasteiger partial charge is 0.234 e. The van der Waals surface area contributed by atoms with Gasteiger partial charge in [0.15, 0.2) is 10.8 Å². The number of aryl methyl sites for hydroxylation is 3. The summed E-state index contributed by atoms with van der Waals surface area (Å²) in [6, 6.07) is 9.85. The van der Waals surface area contributed by atoms with Crippen molar-refractivity contribution < 1.29 is 4.79 Å². The van der Waals surface area contributed by atoms with Gasteiger partial charge in [-0.2, -0.15) is 0 Å². The van der Waals surface area contributed by atoms with Gasteiger partial charge in [-0.25, -0.2) is 0 Å². The molecule has 0 aliphatic carbocycles. The lowest BCUT2D eigenvalue weighted by molar-refractivity contribution is -0.113. The van der Waals surface area contributed by atoms with E-state index in [4.69, 9.17) is 0 Å². The summed E-state index contributed by atoms with van der Waals surface area (Å²) < 4.78 is 1.88. The lowest BCUT2D eigenvalue weighted by Crippen LogP contribution is -2.16. The van der Waals surface area contributed by atoms with E-state index in [0.717, 1.165) is 22.5 Å². The molecule has 0 spiro atoms. The van der Waals surface area contributed by atoms with Gasteiger partial charge >= 0.3 is 0 Å². The Morgan fingerprint density at radius 1 is 1.17 bits per heavy atom. The van der Waals surface area contributed by atoms with E-state index in [9.17, 15) is 4.79 Å². The number of benzene rings is 1. The fraction of sp³-hybridized carbons (Fsp3) is 0.235. The fourth-order valence-corrected chi connectivity index (χ4v) is 3.33. The number of pyridine rings is 1. The molecule has 0 saturated carbocycles. The molecule has 118 valence electrons. The van der Waals surface area contributed by atoms with Crippen LogP contribution in [0.1, 0.15) is 16.7 Å². The van der Waals surface area contributed by atoms with Crippen LogP contribution in [0.15, 0.2) is 41.7 Å². The van der Waals surface area contributed by atoms with Crippen LogP contribution in [0.2, 0.25) is 0 Å². The Bertz CT molecular complexity index is 849.